The van der Waals surface area contributed by atoms with Gasteiger partial charge in [-0.25, -0.2) is 0 Å². The molecule has 16 heavy (non-hydrogen) atoms. The summed E-state index contributed by atoms with van der Waals surface area (Å²) in [7, 11) is 0. The molecule has 5 N–H and O–H groups in total. The zero-order valence-corrected chi connectivity index (χ0v) is 9.32. The number of phenols is 2. The van der Waals surface area contributed by atoms with E-state index in [1.54, 1.807) is 6.92 Å². The summed E-state index contributed by atoms with van der Waals surface area (Å²) in [6.45, 7) is 1.37. The van der Waals surface area contributed by atoms with Crippen LogP contribution in [0, 0.1) is 6.92 Å². The van der Waals surface area contributed by atoms with Crippen molar-refractivity contribution < 1.29 is 20.1 Å². The first-order chi connectivity index (χ1) is 7.40. The second-order valence-electron chi connectivity index (χ2n) is 3.39. The first-order valence-corrected chi connectivity index (χ1v) is 4.91. The number of aliphatic carboxylic acids is 1. The molecule has 0 saturated carbocycles. The van der Waals surface area contributed by atoms with Gasteiger partial charge in [0, 0.05) is 23.2 Å². The fourth-order valence-electron chi connectivity index (χ4n) is 1.51. The Morgan fingerprint density at radius 2 is 2.12 bits per heavy atom. The zero-order valence-electron chi connectivity index (χ0n) is 8.57. The van der Waals surface area contributed by atoms with Crippen molar-refractivity contribution in [2.24, 2.45) is 5.73 Å². The van der Waals surface area contributed by atoms with Crippen LogP contribution in [0.25, 0.3) is 0 Å². The maximum Gasteiger partial charge on any atom is 0.312 e. The van der Waals surface area contributed by atoms with Crippen molar-refractivity contribution in [3.8, 4) is 11.5 Å². The molecule has 0 aliphatic carbocycles. The average molecular weight is 246 g/mol. The number of rotatable bonds is 3. The van der Waals surface area contributed by atoms with E-state index in [9.17, 15) is 15.0 Å². The molecule has 0 saturated heterocycles. The number of hydrogen-bond donors (Lipinski definition) is 4. The lowest BCUT2D eigenvalue weighted by atomic mass is 9.93. The molecule has 1 rings (SSSR count). The number of phenolic OH excluding ortho intramolecular Hbond substituents is 2. The molecule has 5 nitrogen and oxygen atoms in total. The molecular weight excluding hydrogens is 234 g/mol. The molecular formula is C10H12ClNO4. The maximum atomic E-state index is 10.9. The van der Waals surface area contributed by atoms with E-state index in [0.29, 0.717) is 5.56 Å². The molecule has 88 valence electrons. The molecule has 0 aromatic heterocycles. The van der Waals surface area contributed by atoms with Crippen molar-refractivity contribution in [1.29, 1.82) is 0 Å². The summed E-state index contributed by atoms with van der Waals surface area (Å²) in [5.74, 6) is -3.21. The predicted octanol–water partition coefficient (Wildman–Crippen LogP) is 1.19. The van der Waals surface area contributed by atoms with E-state index < -0.39 is 23.4 Å². The maximum absolute atomic E-state index is 10.9. The molecule has 1 aromatic carbocycles. The molecule has 0 aliphatic rings. The summed E-state index contributed by atoms with van der Waals surface area (Å²) in [4.78, 5) is 10.9. The average Bonchev–Trinajstić information content (AvgIpc) is 2.21. The molecule has 1 aromatic rings. The van der Waals surface area contributed by atoms with E-state index >= 15 is 0 Å². The minimum absolute atomic E-state index is 0.0556. The molecule has 6 heteroatoms. The van der Waals surface area contributed by atoms with Crippen LogP contribution in [-0.2, 0) is 4.79 Å². The van der Waals surface area contributed by atoms with Gasteiger partial charge in [0.15, 0.2) is 11.5 Å². The Bertz CT molecular complexity index is 407. The Morgan fingerprint density at radius 3 is 2.56 bits per heavy atom. The number of benzene rings is 1. The first-order valence-electron chi connectivity index (χ1n) is 4.54. The second-order valence-corrected chi connectivity index (χ2v) is 3.80. The standard InChI is InChI=1S/C10H12ClNO4/c1-4-6(11)2-7(13)9(14)8(4)5(3-12)10(15)16/h2,5,13-14H,3,12H2,1H3,(H,15,16). The van der Waals surface area contributed by atoms with Gasteiger partial charge in [0.25, 0.3) is 0 Å². The number of halogens is 1. The van der Waals surface area contributed by atoms with Crippen LogP contribution in [0.3, 0.4) is 0 Å². The molecule has 0 heterocycles. The Kier molecular flexibility index (Phi) is 3.62. The fraction of sp³-hybridized carbons (Fsp3) is 0.300. The van der Waals surface area contributed by atoms with Crippen molar-refractivity contribution in [1.82, 2.24) is 0 Å². The molecule has 0 spiro atoms. The van der Waals surface area contributed by atoms with Gasteiger partial charge >= 0.3 is 5.97 Å². The van der Waals surface area contributed by atoms with Crippen LogP contribution in [0.4, 0.5) is 0 Å². The minimum atomic E-state index is -1.18. The van der Waals surface area contributed by atoms with Crippen LogP contribution in [0.15, 0.2) is 6.07 Å². The van der Waals surface area contributed by atoms with Crippen molar-refractivity contribution in [2.75, 3.05) is 6.54 Å². The van der Waals surface area contributed by atoms with Gasteiger partial charge in [0.1, 0.15) is 0 Å². The summed E-state index contributed by atoms with van der Waals surface area (Å²) in [6, 6.07) is 1.16. The largest absolute Gasteiger partial charge is 0.504 e. The summed E-state index contributed by atoms with van der Waals surface area (Å²) in [5.41, 5.74) is 5.78. The van der Waals surface area contributed by atoms with Gasteiger partial charge in [0.2, 0.25) is 0 Å². The highest BCUT2D eigenvalue weighted by atomic mass is 35.5. The quantitative estimate of drug-likeness (QED) is 0.599. The Morgan fingerprint density at radius 1 is 1.56 bits per heavy atom. The lowest BCUT2D eigenvalue weighted by molar-refractivity contribution is -0.138. The summed E-state index contributed by atoms with van der Waals surface area (Å²) in [6.07, 6.45) is 0. The smallest absolute Gasteiger partial charge is 0.312 e. The topological polar surface area (TPSA) is 104 Å². The highest BCUT2D eigenvalue weighted by molar-refractivity contribution is 6.31. The normalized spacial score (nSPS) is 12.4. The molecule has 0 radical (unpaired) electrons. The van der Waals surface area contributed by atoms with Gasteiger partial charge in [-0.2, -0.15) is 0 Å². The van der Waals surface area contributed by atoms with E-state index in [4.69, 9.17) is 22.4 Å². The molecule has 0 amide bonds. The molecule has 1 atom stereocenters. The van der Waals surface area contributed by atoms with E-state index in [1.165, 1.54) is 0 Å². The Hall–Kier alpha value is -1.46. The summed E-state index contributed by atoms with van der Waals surface area (Å²) >= 11 is 5.79. The van der Waals surface area contributed by atoms with Gasteiger partial charge < -0.3 is 21.1 Å². The number of aromatic hydroxyl groups is 2. The van der Waals surface area contributed by atoms with Crippen molar-refractivity contribution >= 4 is 17.6 Å². The van der Waals surface area contributed by atoms with Crippen LogP contribution < -0.4 is 5.73 Å². The number of nitrogens with two attached hydrogens (primary N) is 1. The second kappa shape index (κ2) is 4.59. The van der Waals surface area contributed by atoms with E-state index in [2.05, 4.69) is 0 Å². The van der Waals surface area contributed by atoms with Gasteiger partial charge in [0.05, 0.1) is 5.92 Å². The van der Waals surface area contributed by atoms with E-state index in [-0.39, 0.29) is 17.1 Å². The van der Waals surface area contributed by atoms with E-state index in [0.717, 1.165) is 6.07 Å². The van der Waals surface area contributed by atoms with Crippen LogP contribution >= 0.6 is 11.6 Å². The Balaban J connectivity index is 3.47. The van der Waals surface area contributed by atoms with E-state index in [1.807, 2.05) is 0 Å². The van der Waals surface area contributed by atoms with Crippen molar-refractivity contribution in [3.63, 3.8) is 0 Å². The number of carbonyl (C=O) groups is 1. The van der Waals surface area contributed by atoms with Crippen LogP contribution in [0.1, 0.15) is 17.0 Å². The van der Waals surface area contributed by atoms with Gasteiger partial charge in [-0.15, -0.1) is 0 Å². The lowest BCUT2D eigenvalue weighted by Crippen LogP contribution is -2.22. The van der Waals surface area contributed by atoms with Crippen LogP contribution in [-0.4, -0.2) is 27.8 Å². The fourth-order valence-corrected chi connectivity index (χ4v) is 1.71. The van der Waals surface area contributed by atoms with Gasteiger partial charge in [-0.1, -0.05) is 11.6 Å². The highest BCUT2D eigenvalue weighted by Gasteiger charge is 2.26. The molecule has 0 bridgehead atoms. The highest BCUT2D eigenvalue weighted by Crippen LogP contribution is 2.40. The van der Waals surface area contributed by atoms with Crippen molar-refractivity contribution in [3.05, 3.63) is 22.2 Å². The third kappa shape index (κ3) is 2.05. The SMILES string of the molecule is Cc1c(Cl)cc(O)c(O)c1C(CN)C(=O)O. The number of carboxylic acids is 1. The monoisotopic (exact) mass is 245 g/mol. The predicted molar refractivity (Wildman–Crippen MR) is 58.9 cm³/mol. The molecule has 0 fully saturated rings. The summed E-state index contributed by atoms with van der Waals surface area (Å²) < 4.78 is 0. The third-order valence-corrected chi connectivity index (χ3v) is 2.80. The third-order valence-electron chi connectivity index (χ3n) is 2.41. The minimum Gasteiger partial charge on any atom is -0.504 e. The molecule has 0 aliphatic heterocycles. The number of hydrogen-bond acceptors (Lipinski definition) is 4. The first kappa shape index (κ1) is 12.6. The van der Waals surface area contributed by atoms with Crippen molar-refractivity contribution in [2.45, 2.75) is 12.8 Å². The number of carboxylic acid groups (broad SMARTS) is 1. The summed E-state index contributed by atoms with van der Waals surface area (Å²) in [5, 5.41) is 28.1. The zero-order chi connectivity index (χ0) is 12.5. The molecule has 1 unspecified atom stereocenters. The van der Waals surface area contributed by atoms with Crippen LogP contribution in [0.2, 0.25) is 5.02 Å². The van der Waals surface area contributed by atoms with Gasteiger partial charge in [-0.3, -0.25) is 4.79 Å². The van der Waals surface area contributed by atoms with Crippen LogP contribution in [0.5, 0.6) is 11.5 Å². The lowest BCUT2D eigenvalue weighted by Gasteiger charge is -2.16. The van der Waals surface area contributed by atoms with Gasteiger partial charge in [-0.05, 0) is 12.5 Å². The Labute approximate surface area is 97.1 Å².